The summed E-state index contributed by atoms with van der Waals surface area (Å²) >= 11 is 0. The quantitative estimate of drug-likeness (QED) is 0.802. The molecule has 1 aromatic heterocycles. The minimum atomic E-state index is -0.513. The Morgan fingerprint density at radius 2 is 1.97 bits per heavy atom. The number of hydrogen-bond donors (Lipinski definition) is 2. The average molecular weight is 401 g/mol. The van der Waals surface area contributed by atoms with Gasteiger partial charge in [0.25, 0.3) is 0 Å². The van der Waals surface area contributed by atoms with E-state index in [4.69, 9.17) is 9.47 Å². The maximum absolute atomic E-state index is 14.9. The second-order valence-electron chi connectivity index (χ2n) is 7.12. The number of halogens is 1. The van der Waals surface area contributed by atoms with Crippen LogP contribution in [0.4, 0.5) is 20.6 Å². The number of pyridine rings is 1. The number of rotatable bonds is 5. The Bertz CT molecular complexity index is 852. The van der Waals surface area contributed by atoms with Crippen molar-refractivity contribution in [3.8, 4) is 0 Å². The van der Waals surface area contributed by atoms with E-state index in [1.54, 1.807) is 36.5 Å². The molecule has 2 aromatic rings. The van der Waals surface area contributed by atoms with Crippen molar-refractivity contribution in [3.63, 3.8) is 0 Å². The van der Waals surface area contributed by atoms with Crippen molar-refractivity contribution in [1.82, 2.24) is 14.8 Å². The summed E-state index contributed by atoms with van der Waals surface area (Å²) in [7, 11) is 0. The molecule has 0 radical (unpaired) electrons. The van der Waals surface area contributed by atoms with E-state index in [0.29, 0.717) is 24.6 Å². The lowest BCUT2D eigenvalue weighted by Gasteiger charge is -2.41. The van der Waals surface area contributed by atoms with Crippen molar-refractivity contribution in [2.24, 2.45) is 0 Å². The summed E-state index contributed by atoms with van der Waals surface area (Å²) in [6, 6.07) is 8.06. The molecule has 4 rings (SSSR count). The second-order valence-corrected chi connectivity index (χ2v) is 7.12. The monoisotopic (exact) mass is 401 g/mol. The van der Waals surface area contributed by atoms with Crippen molar-refractivity contribution in [2.75, 3.05) is 43.6 Å². The topological polar surface area (TPSA) is 79.0 Å². The number of anilines is 2. The van der Waals surface area contributed by atoms with Crippen molar-refractivity contribution in [1.29, 1.82) is 0 Å². The fraction of sp³-hybridized carbons (Fsp3) is 0.400. The first-order valence-electron chi connectivity index (χ1n) is 9.56. The second kappa shape index (κ2) is 8.83. The number of nitrogens with one attached hydrogen (secondary N) is 2. The SMILES string of the molecule is Cc1ccc(NC(=O)Nc2cccc(CN3CCN(C4OCO4)CC3)c2F)cn1. The van der Waals surface area contributed by atoms with Gasteiger partial charge in [-0.1, -0.05) is 12.1 Å². The lowest BCUT2D eigenvalue weighted by Crippen LogP contribution is -2.55. The standard InChI is InChI=1S/C20H24FN5O3/c1-14-5-6-16(11-22-14)23-19(27)24-17-4-2-3-15(18(17)21)12-25-7-9-26(10-8-25)20-28-13-29-20/h2-6,11,20H,7-10,12-13H2,1H3,(H2,23,24,27). The third-order valence-corrected chi connectivity index (χ3v) is 5.02. The molecule has 8 nitrogen and oxygen atoms in total. The molecule has 2 amide bonds. The highest BCUT2D eigenvalue weighted by Gasteiger charge is 2.30. The number of benzene rings is 1. The van der Waals surface area contributed by atoms with Gasteiger partial charge in [-0.3, -0.25) is 14.8 Å². The molecule has 2 aliphatic heterocycles. The maximum atomic E-state index is 14.9. The number of carbonyl (C=O) groups is 1. The van der Waals surface area contributed by atoms with E-state index in [0.717, 1.165) is 31.9 Å². The average Bonchev–Trinajstić information content (AvgIpc) is 2.67. The minimum absolute atomic E-state index is 0.148. The van der Waals surface area contributed by atoms with Gasteiger partial charge in [0.05, 0.1) is 17.6 Å². The molecule has 2 aliphatic rings. The number of carbonyl (C=O) groups excluding carboxylic acids is 1. The molecule has 0 bridgehead atoms. The Hall–Kier alpha value is -2.59. The van der Waals surface area contributed by atoms with Crippen LogP contribution in [0.1, 0.15) is 11.3 Å². The maximum Gasteiger partial charge on any atom is 0.323 e. The fourth-order valence-corrected chi connectivity index (χ4v) is 3.34. The van der Waals surface area contributed by atoms with E-state index < -0.39 is 11.8 Å². The molecule has 2 fully saturated rings. The van der Waals surface area contributed by atoms with Gasteiger partial charge in [-0.05, 0) is 25.1 Å². The van der Waals surface area contributed by atoms with Gasteiger partial charge < -0.3 is 20.1 Å². The molecule has 1 aromatic carbocycles. The summed E-state index contributed by atoms with van der Waals surface area (Å²) in [5, 5.41) is 5.23. The number of piperazine rings is 1. The zero-order chi connectivity index (χ0) is 20.2. The van der Waals surface area contributed by atoms with Crippen molar-refractivity contribution in [2.45, 2.75) is 19.9 Å². The van der Waals surface area contributed by atoms with E-state index in [1.165, 1.54) is 0 Å². The Labute approximate surface area is 168 Å². The van der Waals surface area contributed by atoms with Crippen LogP contribution in [0.2, 0.25) is 0 Å². The van der Waals surface area contributed by atoms with Gasteiger partial charge in [0.2, 0.25) is 6.41 Å². The minimum Gasteiger partial charge on any atom is -0.313 e. The van der Waals surface area contributed by atoms with Crippen LogP contribution in [0.3, 0.4) is 0 Å². The predicted molar refractivity (Wildman–Crippen MR) is 106 cm³/mol. The van der Waals surface area contributed by atoms with Crippen LogP contribution in [-0.2, 0) is 16.0 Å². The van der Waals surface area contributed by atoms with Crippen molar-refractivity contribution < 1.29 is 18.7 Å². The van der Waals surface area contributed by atoms with Crippen LogP contribution in [0.25, 0.3) is 0 Å². The Balaban J connectivity index is 1.33. The Morgan fingerprint density at radius 1 is 1.17 bits per heavy atom. The normalized spacial score (nSPS) is 18.3. The first-order chi connectivity index (χ1) is 14.1. The summed E-state index contributed by atoms with van der Waals surface area (Å²) < 4.78 is 25.6. The zero-order valence-corrected chi connectivity index (χ0v) is 16.2. The highest BCUT2D eigenvalue weighted by Crippen LogP contribution is 2.22. The molecule has 0 unspecified atom stereocenters. The largest absolute Gasteiger partial charge is 0.323 e. The molecule has 2 N–H and O–H groups in total. The fourth-order valence-electron chi connectivity index (χ4n) is 3.34. The molecule has 0 spiro atoms. The molecule has 9 heteroatoms. The molecule has 0 saturated carbocycles. The van der Waals surface area contributed by atoms with Gasteiger partial charge in [-0.15, -0.1) is 0 Å². The molecule has 3 heterocycles. The molecule has 0 aliphatic carbocycles. The zero-order valence-electron chi connectivity index (χ0n) is 16.2. The van der Waals surface area contributed by atoms with Crippen LogP contribution in [-0.4, -0.2) is 60.2 Å². The van der Waals surface area contributed by atoms with Gasteiger partial charge in [0.15, 0.2) is 12.6 Å². The highest BCUT2D eigenvalue weighted by atomic mass is 19.1. The smallest absolute Gasteiger partial charge is 0.313 e. The molecule has 2 saturated heterocycles. The molecular formula is C20H24FN5O3. The number of aromatic nitrogens is 1. The van der Waals surface area contributed by atoms with Crippen molar-refractivity contribution >= 4 is 17.4 Å². The number of hydrogen-bond acceptors (Lipinski definition) is 6. The van der Waals surface area contributed by atoms with Crippen LogP contribution in [0, 0.1) is 12.7 Å². The number of aryl methyl sites for hydroxylation is 1. The summed E-state index contributed by atoms with van der Waals surface area (Å²) in [6.07, 6.45) is 1.32. The predicted octanol–water partition coefficient (Wildman–Crippen LogP) is 2.58. The summed E-state index contributed by atoms with van der Waals surface area (Å²) in [5.74, 6) is -0.419. The van der Waals surface area contributed by atoms with Crippen molar-refractivity contribution in [3.05, 3.63) is 53.6 Å². The molecule has 154 valence electrons. The Kier molecular flexibility index (Phi) is 6.00. The van der Waals surface area contributed by atoms with E-state index in [1.807, 2.05) is 6.92 Å². The molecule has 0 atom stereocenters. The van der Waals surface area contributed by atoms with Crippen LogP contribution < -0.4 is 10.6 Å². The number of ether oxygens (including phenoxy) is 2. The van der Waals surface area contributed by atoms with Gasteiger partial charge >= 0.3 is 6.03 Å². The molecule has 29 heavy (non-hydrogen) atoms. The van der Waals surface area contributed by atoms with Crippen LogP contribution in [0.5, 0.6) is 0 Å². The summed E-state index contributed by atoms with van der Waals surface area (Å²) in [5.41, 5.74) is 2.09. The third-order valence-electron chi connectivity index (χ3n) is 5.02. The van der Waals surface area contributed by atoms with E-state index >= 15 is 0 Å². The van der Waals surface area contributed by atoms with Gasteiger partial charge in [-0.2, -0.15) is 0 Å². The van der Waals surface area contributed by atoms with Gasteiger partial charge in [0.1, 0.15) is 0 Å². The van der Waals surface area contributed by atoms with Crippen LogP contribution in [0.15, 0.2) is 36.5 Å². The highest BCUT2D eigenvalue weighted by molar-refractivity contribution is 5.99. The third kappa shape index (κ3) is 4.88. The van der Waals surface area contributed by atoms with Gasteiger partial charge in [0, 0.05) is 44.0 Å². The first kappa shape index (κ1) is 19.7. The lowest BCUT2D eigenvalue weighted by atomic mass is 10.1. The number of urea groups is 1. The first-order valence-corrected chi connectivity index (χ1v) is 9.56. The molecular weight excluding hydrogens is 377 g/mol. The van der Waals surface area contributed by atoms with E-state index in [9.17, 15) is 9.18 Å². The van der Waals surface area contributed by atoms with E-state index in [2.05, 4.69) is 25.4 Å². The number of nitrogens with zero attached hydrogens (tertiary/aromatic N) is 3. The number of amides is 2. The van der Waals surface area contributed by atoms with E-state index in [-0.39, 0.29) is 12.1 Å². The van der Waals surface area contributed by atoms with Crippen LogP contribution >= 0.6 is 0 Å². The summed E-state index contributed by atoms with van der Waals surface area (Å²) in [4.78, 5) is 20.6. The van der Waals surface area contributed by atoms with Gasteiger partial charge in [-0.25, -0.2) is 9.18 Å². The Morgan fingerprint density at radius 3 is 2.62 bits per heavy atom. The lowest BCUT2D eigenvalue weighted by molar-refractivity contribution is -0.377. The summed E-state index contributed by atoms with van der Waals surface area (Å²) in [6.45, 7) is 5.88.